The van der Waals surface area contributed by atoms with Crippen molar-refractivity contribution in [2.75, 3.05) is 0 Å². The summed E-state index contributed by atoms with van der Waals surface area (Å²) in [5.74, 6) is 0.715. The van der Waals surface area contributed by atoms with Gasteiger partial charge in [0, 0.05) is 16.4 Å². The highest BCUT2D eigenvalue weighted by molar-refractivity contribution is 7.99. The molecule has 0 atom stereocenters. The van der Waals surface area contributed by atoms with Gasteiger partial charge in [0.2, 0.25) is 0 Å². The summed E-state index contributed by atoms with van der Waals surface area (Å²) in [6.07, 6.45) is 0. The third-order valence-electron chi connectivity index (χ3n) is 2.46. The van der Waals surface area contributed by atoms with Crippen LogP contribution in [0.1, 0.15) is 26.6 Å². The Morgan fingerprint density at radius 1 is 0.950 bits per heavy atom. The molecule has 0 saturated heterocycles. The van der Waals surface area contributed by atoms with Crippen LogP contribution in [0.3, 0.4) is 0 Å². The number of aromatic nitrogens is 2. The van der Waals surface area contributed by atoms with Gasteiger partial charge in [0.05, 0.1) is 10.0 Å². The summed E-state index contributed by atoms with van der Waals surface area (Å²) < 4.78 is 0. The highest BCUT2D eigenvalue weighted by Gasteiger charge is 2.19. The van der Waals surface area contributed by atoms with Crippen molar-refractivity contribution in [3.63, 3.8) is 0 Å². The van der Waals surface area contributed by atoms with E-state index in [9.17, 15) is 0 Å². The Morgan fingerprint density at radius 2 is 1.65 bits per heavy atom. The number of rotatable bonds is 2. The molecule has 0 unspecified atom stereocenters. The lowest BCUT2D eigenvalue weighted by Crippen LogP contribution is -2.16. The summed E-state index contributed by atoms with van der Waals surface area (Å²) in [4.78, 5) is 9.77. The van der Waals surface area contributed by atoms with Crippen LogP contribution in [0.15, 0.2) is 34.2 Å². The largest absolute Gasteiger partial charge is 0.226 e. The van der Waals surface area contributed by atoms with Crippen LogP contribution < -0.4 is 0 Å². The van der Waals surface area contributed by atoms with Crippen LogP contribution in [0.2, 0.25) is 15.2 Å². The monoisotopic (exact) mass is 346 g/mol. The van der Waals surface area contributed by atoms with E-state index in [2.05, 4.69) is 9.97 Å². The highest BCUT2D eigenvalue weighted by Crippen LogP contribution is 2.33. The molecule has 2 nitrogen and oxygen atoms in total. The van der Waals surface area contributed by atoms with E-state index in [1.807, 2.05) is 26.8 Å². The van der Waals surface area contributed by atoms with Crippen molar-refractivity contribution < 1.29 is 0 Å². The Kier molecular flexibility index (Phi) is 4.85. The van der Waals surface area contributed by atoms with Crippen molar-refractivity contribution in [2.45, 2.75) is 36.1 Å². The van der Waals surface area contributed by atoms with Gasteiger partial charge in [0.15, 0.2) is 0 Å². The summed E-state index contributed by atoms with van der Waals surface area (Å²) in [5, 5.41) is 2.28. The van der Waals surface area contributed by atoms with Gasteiger partial charge in [-0.1, -0.05) is 67.3 Å². The van der Waals surface area contributed by atoms with Crippen molar-refractivity contribution in [1.29, 1.82) is 0 Å². The van der Waals surface area contributed by atoms with Gasteiger partial charge >= 0.3 is 0 Å². The molecule has 6 heteroatoms. The normalized spacial score (nSPS) is 11.7. The molecule has 106 valence electrons. The molecule has 1 aromatic heterocycles. The highest BCUT2D eigenvalue weighted by atomic mass is 35.5. The van der Waals surface area contributed by atoms with Gasteiger partial charge in [-0.3, -0.25) is 0 Å². The van der Waals surface area contributed by atoms with E-state index in [4.69, 9.17) is 34.8 Å². The van der Waals surface area contributed by atoms with Gasteiger partial charge in [0.25, 0.3) is 0 Å². The lowest BCUT2D eigenvalue weighted by molar-refractivity contribution is 0.538. The molecule has 0 fully saturated rings. The molecule has 0 spiro atoms. The van der Waals surface area contributed by atoms with Gasteiger partial charge in [-0.25, -0.2) is 9.97 Å². The van der Waals surface area contributed by atoms with E-state index in [1.165, 1.54) is 11.8 Å². The lowest BCUT2D eigenvalue weighted by Gasteiger charge is -2.17. The zero-order valence-corrected chi connectivity index (χ0v) is 14.3. The van der Waals surface area contributed by atoms with Crippen LogP contribution >= 0.6 is 46.6 Å². The second kappa shape index (κ2) is 6.10. The van der Waals surface area contributed by atoms with Crippen LogP contribution in [-0.4, -0.2) is 9.97 Å². The minimum absolute atomic E-state index is 0.155. The van der Waals surface area contributed by atoms with Crippen molar-refractivity contribution in [3.05, 3.63) is 45.3 Å². The number of hydrogen-bond donors (Lipinski definition) is 0. The summed E-state index contributed by atoms with van der Waals surface area (Å²) in [6.45, 7) is 6.14. The molecule has 1 aromatic carbocycles. The first-order chi connectivity index (χ1) is 9.25. The van der Waals surface area contributed by atoms with Gasteiger partial charge in [-0.05, 0) is 18.2 Å². The van der Waals surface area contributed by atoms with E-state index in [0.717, 1.165) is 9.92 Å². The zero-order chi connectivity index (χ0) is 14.9. The van der Waals surface area contributed by atoms with Crippen LogP contribution in [-0.2, 0) is 5.41 Å². The Bertz CT molecular complexity index is 639. The Balaban J connectivity index is 2.33. The smallest absolute Gasteiger partial charge is 0.136 e. The first kappa shape index (κ1) is 15.9. The second-order valence-corrected chi connectivity index (χ2v) is 7.58. The predicted octanol–water partition coefficient (Wildman–Crippen LogP) is 5.89. The van der Waals surface area contributed by atoms with E-state index in [-0.39, 0.29) is 5.41 Å². The van der Waals surface area contributed by atoms with Crippen LogP contribution in [0.4, 0.5) is 0 Å². The summed E-state index contributed by atoms with van der Waals surface area (Å²) in [6, 6.07) is 7.21. The maximum atomic E-state index is 6.07. The molecule has 2 rings (SSSR count). The fourth-order valence-corrected chi connectivity index (χ4v) is 2.91. The van der Waals surface area contributed by atoms with Crippen molar-refractivity contribution in [3.8, 4) is 0 Å². The molecular formula is C14H13Cl3N2S. The molecular weight excluding hydrogens is 335 g/mol. The molecule has 0 bridgehead atoms. The maximum Gasteiger partial charge on any atom is 0.136 e. The predicted molar refractivity (Wildman–Crippen MR) is 86.3 cm³/mol. The first-order valence-corrected chi connectivity index (χ1v) is 7.89. The average molecular weight is 348 g/mol. The van der Waals surface area contributed by atoms with E-state index >= 15 is 0 Å². The number of nitrogens with zero attached hydrogens (tertiary/aromatic N) is 2. The lowest BCUT2D eigenvalue weighted by atomic mass is 9.96. The number of hydrogen-bond acceptors (Lipinski definition) is 3. The topological polar surface area (TPSA) is 25.8 Å². The molecule has 1 heterocycles. The molecule has 0 aliphatic heterocycles. The fourth-order valence-electron chi connectivity index (χ4n) is 1.45. The number of halogens is 3. The maximum absolute atomic E-state index is 6.07. The molecule has 0 aliphatic carbocycles. The average Bonchev–Trinajstić information content (AvgIpc) is 2.32. The standard InChI is InChI=1S/C14H13Cl3N2S/c1-14(2,3)13-18-11(17)7-12(19-13)20-8-4-5-9(15)10(16)6-8/h4-7H,1-3H3. The Morgan fingerprint density at radius 3 is 2.25 bits per heavy atom. The van der Waals surface area contributed by atoms with E-state index in [0.29, 0.717) is 21.0 Å². The molecule has 0 saturated carbocycles. The van der Waals surface area contributed by atoms with Gasteiger partial charge in [0.1, 0.15) is 16.0 Å². The molecule has 0 aliphatic rings. The molecule has 0 radical (unpaired) electrons. The Labute approximate surface area is 137 Å². The van der Waals surface area contributed by atoms with Crippen LogP contribution in [0.5, 0.6) is 0 Å². The second-order valence-electron chi connectivity index (χ2n) is 5.28. The zero-order valence-electron chi connectivity index (χ0n) is 11.2. The first-order valence-electron chi connectivity index (χ1n) is 5.94. The SMILES string of the molecule is CC(C)(C)c1nc(Cl)cc(Sc2ccc(Cl)c(Cl)c2)n1. The quantitative estimate of drug-likeness (QED) is 0.634. The summed E-state index contributed by atoms with van der Waals surface area (Å²) in [5.41, 5.74) is -0.155. The van der Waals surface area contributed by atoms with Crippen molar-refractivity contribution >= 4 is 46.6 Å². The minimum Gasteiger partial charge on any atom is -0.226 e. The summed E-state index contributed by atoms with van der Waals surface area (Å²) >= 11 is 19.5. The number of benzene rings is 1. The van der Waals surface area contributed by atoms with Crippen molar-refractivity contribution in [2.24, 2.45) is 0 Å². The summed E-state index contributed by atoms with van der Waals surface area (Å²) in [7, 11) is 0. The third kappa shape index (κ3) is 4.01. The minimum atomic E-state index is -0.155. The van der Waals surface area contributed by atoms with Crippen LogP contribution in [0.25, 0.3) is 0 Å². The van der Waals surface area contributed by atoms with Crippen molar-refractivity contribution in [1.82, 2.24) is 9.97 Å². The molecule has 0 amide bonds. The van der Waals surface area contributed by atoms with E-state index < -0.39 is 0 Å². The van der Waals surface area contributed by atoms with Gasteiger partial charge in [-0.15, -0.1) is 0 Å². The van der Waals surface area contributed by atoms with E-state index in [1.54, 1.807) is 18.2 Å². The molecule has 2 aromatic rings. The van der Waals surface area contributed by atoms with Gasteiger partial charge in [-0.2, -0.15) is 0 Å². The molecule has 0 N–H and O–H groups in total. The Hall–Kier alpha value is -0.480. The van der Waals surface area contributed by atoms with Gasteiger partial charge < -0.3 is 0 Å². The third-order valence-corrected chi connectivity index (χ3v) is 4.30. The van der Waals surface area contributed by atoms with Crippen LogP contribution in [0, 0.1) is 0 Å². The molecule has 20 heavy (non-hydrogen) atoms. The fraction of sp³-hybridized carbons (Fsp3) is 0.286.